The number of rotatable bonds is 8. The van der Waals surface area contributed by atoms with Crippen molar-refractivity contribution in [2.75, 3.05) is 31.3 Å². The second kappa shape index (κ2) is 10.1. The van der Waals surface area contributed by atoms with Gasteiger partial charge in [0, 0.05) is 41.2 Å². The third-order valence-electron chi connectivity index (χ3n) is 4.52. The number of ether oxygens (including phenoxy) is 1. The van der Waals surface area contributed by atoms with Crippen molar-refractivity contribution < 1.29 is 19.0 Å². The summed E-state index contributed by atoms with van der Waals surface area (Å²) in [5, 5.41) is 16.6. The number of halogens is 2. The Morgan fingerprint density at radius 1 is 1.23 bits per heavy atom. The van der Waals surface area contributed by atoms with Crippen LogP contribution in [0, 0.1) is 0 Å². The molecule has 0 atom stereocenters. The SMILES string of the molecule is COCCNC(=O)c1ccc(-c2cc(Nc3ccc(Cl)cc3CF)ccc2O)nc1N. The number of alkyl halides is 1. The number of nitrogens with two attached hydrogens (primary N) is 1. The minimum Gasteiger partial charge on any atom is -0.507 e. The van der Waals surface area contributed by atoms with Gasteiger partial charge >= 0.3 is 0 Å². The number of carbonyl (C=O) groups is 1. The van der Waals surface area contributed by atoms with Gasteiger partial charge in [-0.1, -0.05) is 11.6 Å². The second-order valence-electron chi connectivity index (χ2n) is 6.67. The van der Waals surface area contributed by atoms with E-state index in [1.165, 1.54) is 13.2 Å². The van der Waals surface area contributed by atoms with Gasteiger partial charge in [0.15, 0.2) is 0 Å². The largest absolute Gasteiger partial charge is 0.507 e. The van der Waals surface area contributed by atoms with E-state index in [-0.39, 0.29) is 23.0 Å². The van der Waals surface area contributed by atoms with Crippen LogP contribution in [0.1, 0.15) is 15.9 Å². The molecule has 0 unspecified atom stereocenters. The third-order valence-corrected chi connectivity index (χ3v) is 4.76. The summed E-state index contributed by atoms with van der Waals surface area (Å²) in [6, 6.07) is 12.8. The van der Waals surface area contributed by atoms with Crippen molar-refractivity contribution in [3.63, 3.8) is 0 Å². The van der Waals surface area contributed by atoms with Gasteiger partial charge in [0.2, 0.25) is 0 Å². The topological polar surface area (TPSA) is 110 Å². The first kappa shape index (κ1) is 22.3. The van der Waals surface area contributed by atoms with E-state index in [1.54, 1.807) is 42.5 Å². The van der Waals surface area contributed by atoms with Gasteiger partial charge in [0.1, 0.15) is 18.2 Å². The first-order valence-corrected chi connectivity index (χ1v) is 9.79. The van der Waals surface area contributed by atoms with E-state index < -0.39 is 6.67 Å². The molecule has 0 aliphatic rings. The van der Waals surface area contributed by atoms with Gasteiger partial charge in [0.05, 0.1) is 17.9 Å². The summed E-state index contributed by atoms with van der Waals surface area (Å²) in [5.41, 5.74) is 8.55. The average molecular weight is 445 g/mol. The summed E-state index contributed by atoms with van der Waals surface area (Å²) >= 11 is 5.93. The zero-order chi connectivity index (χ0) is 22.4. The van der Waals surface area contributed by atoms with E-state index in [1.807, 2.05) is 0 Å². The highest BCUT2D eigenvalue weighted by atomic mass is 35.5. The van der Waals surface area contributed by atoms with Crippen molar-refractivity contribution in [3.05, 3.63) is 64.7 Å². The highest BCUT2D eigenvalue weighted by molar-refractivity contribution is 6.30. The number of aromatic hydroxyl groups is 1. The third kappa shape index (κ3) is 5.42. The molecular weight excluding hydrogens is 423 g/mol. The van der Waals surface area contributed by atoms with E-state index in [0.717, 1.165) is 0 Å². The molecule has 3 aromatic rings. The number of nitrogens with one attached hydrogen (secondary N) is 2. The fourth-order valence-electron chi connectivity index (χ4n) is 2.95. The van der Waals surface area contributed by atoms with Gasteiger partial charge in [-0.3, -0.25) is 4.79 Å². The lowest BCUT2D eigenvalue weighted by molar-refractivity contribution is 0.0937. The molecular formula is C22H22ClFN4O3. The molecule has 0 saturated carbocycles. The normalized spacial score (nSPS) is 10.7. The Morgan fingerprint density at radius 2 is 2.03 bits per heavy atom. The summed E-state index contributed by atoms with van der Waals surface area (Å²) in [4.78, 5) is 16.5. The quantitative estimate of drug-likeness (QED) is 0.305. The lowest BCUT2D eigenvalue weighted by atomic mass is 10.1. The predicted octanol–water partition coefficient (Wildman–Crippen LogP) is 4.28. The van der Waals surface area contributed by atoms with E-state index >= 15 is 0 Å². The number of benzene rings is 2. The number of hydrogen-bond acceptors (Lipinski definition) is 6. The summed E-state index contributed by atoms with van der Waals surface area (Å²) in [6.45, 7) is 0.0407. The first-order valence-electron chi connectivity index (χ1n) is 9.41. The van der Waals surface area contributed by atoms with Crippen LogP contribution in [0.15, 0.2) is 48.5 Å². The molecule has 1 aromatic heterocycles. The highest BCUT2D eigenvalue weighted by Gasteiger charge is 2.14. The number of phenolic OH excluding ortho intramolecular Hbond substituents is 1. The van der Waals surface area contributed by atoms with Gasteiger partial charge in [-0.05, 0) is 48.5 Å². The van der Waals surface area contributed by atoms with Crippen LogP contribution in [-0.4, -0.2) is 36.3 Å². The van der Waals surface area contributed by atoms with Crippen molar-refractivity contribution in [2.24, 2.45) is 0 Å². The molecule has 0 saturated heterocycles. The summed E-state index contributed by atoms with van der Waals surface area (Å²) in [5.74, 6) is -0.353. The van der Waals surface area contributed by atoms with E-state index in [0.29, 0.717) is 46.4 Å². The molecule has 0 bridgehead atoms. The number of aromatic nitrogens is 1. The Hall–Kier alpha value is -3.36. The van der Waals surface area contributed by atoms with Gasteiger partial charge in [0.25, 0.3) is 5.91 Å². The van der Waals surface area contributed by atoms with Crippen LogP contribution >= 0.6 is 11.6 Å². The Balaban J connectivity index is 1.86. The Labute approximate surface area is 184 Å². The van der Waals surface area contributed by atoms with Crippen molar-refractivity contribution in [1.29, 1.82) is 0 Å². The molecule has 7 nitrogen and oxygen atoms in total. The highest BCUT2D eigenvalue weighted by Crippen LogP contribution is 2.33. The van der Waals surface area contributed by atoms with Crippen LogP contribution in [0.25, 0.3) is 11.3 Å². The van der Waals surface area contributed by atoms with Crippen LogP contribution in [-0.2, 0) is 11.4 Å². The van der Waals surface area contributed by atoms with Crippen LogP contribution in [0.4, 0.5) is 21.6 Å². The molecule has 162 valence electrons. The number of pyridine rings is 1. The number of methoxy groups -OCH3 is 1. The van der Waals surface area contributed by atoms with Crippen molar-refractivity contribution in [3.8, 4) is 17.0 Å². The Bertz CT molecular complexity index is 1090. The molecule has 31 heavy (non-hydrogen) atoms. The maximum atomic E-state index is 13.3. The first-order chi connectivity index (χ1) is 14.9. The molecule has 0 aliphatic heterocycles. The Morgan fingerprint density at radius 3 is 2.74 bits per heavy atom. The molecule has 0 radical (unpaired) electrons. The number of carbonyl (C=O) groups excluding carboxylic acids is 1. The zero-order valence-electron chi connectivity index (χ0n) is 16.8. The van der Waals surface area contributed by atoms with Crippen LogP contribution in [0.3, 0.4) is 0 Å². The molecule has 5 N–H and O–H groups in total. The molecule has 0 spiro atoms. The Kier molecular flexibility index (Phi) is 7.28. The average Bonchev–Trinajstić information content (AvgIpc) is 2.76. The smallest absolute Gasteiger partial charge is 0.255 e. The predicted molar refractivity (Wildman–Crippen MR) is 120 cm³/mol. The monoisotopic (exact) mass is 444 g/mol. The van der Waals surface area contributed by atoms with Gasteiger partial charge in [-0.2, -0.15) is 0 Å². The maximum absolute atomic E-state index is 13.3. The summed E-state index contributed by atoms with van der Waals surface area (Å²) in [7, 11) is 1.54. The molecule has 2 aromatic carbocycles. The fourth-order valence-corrected chi connectivity index (χ4v) is 3.14. The number of nitrogens with zero attached hydrogens (tertiary/aromatic N) is 1. The fraction of sp³-hybridized carbons (Fsp3) is 0.182. The summed E-state index contributed by atoms with van der Waals surface area (Å²) in [6.07, 6.45) is 0. The van der Waals surface area contributed by atoms with Crippen LogP contribution in [0.5, 0.6) is 5.75 Å². The van der Waals surface area contributed by atoms with Gasteiger partial charge in [-0.25, -0.2) is 9.37 Å². The molecule has 9 heteroatoms. The molecule has 0 aliphatic carbocycles. The minimum absolute atomic E-state index is 0.0171. The van der Waals surface area contributed by atoms with Crippen molar-refractivity contribution in [2.45, 2.75) is 6.67 Å². The zero-order valence-corrected chi connectivity index (χ0v) is 17.5. The van der Waals surface area contributed by atoms with Crippen LogP contribution in [0.2, 0.25) is 5.02 Å². The second-order valence-corrected chi connectivity index (χ2v) is 7.11. The molecule has 1 amide bonds. The number of phenols is 1. The number of nitrogen functional groups attached to an aromatic ring is 1. The molecule has 0 fully saturated rings. The molecule has 1 heterocycles. The molecule has 3 rings (SSSR count). The van der Waals surface area contributed by atoms with Gasteiger partial charge < -0.3 is 26.2 Å². The lowest BCUT2D eigenvalue weighted by Gasteiger charge is -2.13. The van der Waals surface area contributed by atoms with E-state index in [2.05, 4.69) is 15.6 Å². The standard InChI is InChI=1S/C22H22ClFN4O3/c1-31-9-8-26-22(30)16-4-6-19(28-21(16)25)17-11-15(3-7-20(17)29)27-18-5-2-14(23)10-13(18)12-24/h2-7,10-11,27,29H,8-9,12H2,1H3,(H2,25,28)(H,26,30). The van der Waals surface area contributed by atoms with Gasteiger partial charge in [-0.15, -0.1) is 0 Å². The van der Waals surface area contributed by atoms with E-state index in [9.17, 15) is 14.3 Å². The number of anilines is 3. The number of hydrogen-bond donors (Lipinski definition) is 4. The van der Waals surface area contributed by atoms with E-state index in [4.69, 9.17) is 22.1 Å². The summed E-state index contributed by atoms with van der Waals surface area (Å²) < 4.78 is 18.2. The van der Waals surface area contributed by atoms with Crippen molar-refractivity contribution >= 4 is 34.7 Å². The van der Waals surface area contributed by atoms with Crippen LogP contribution < -0.4 is 16.4 Å². The number of amides is 1. The maximum Gasteiger partial charge on any atom is 0.255 e. The minimum atomic E-state index is -0.681. The van der Waals surface area contributed by atoms with Crippen molar-refractivity contribution in [1.82, 2.24) is 10.3 Å². The lowest BCUT2D eigenvalue weighted by Crippen LogP contribution is -2.27.